The molecule has 1 heteroatoms. The molecule has 0 heterocycles. The van der Waals surface area contributed by atoms with Crippen molar-refractivity contribution in [3.05, 3.63) is 117 Å². The molecule has 0 bridgehead atoms. The summed E-state index contributed by atoms with van der Waals surface area (Å²) in [4.78, 5) is 0. The average Bonchev–Trinajstić information content (AvgIpc) is 3.26. The maximum atomic E-state index is 2.58. The standard InChI is InChI=1S/C27H26Si/c1-19-17-21-13-8-10-16-24(21)27(19)28(2,3)25-18-22-14-7-9-15-23(22)26(25)20-11-5-4-6-12-20/h4-17,27H,18H2,1-3H3. The maximum Gasteiger partial charge on any atom is 0.0885 e. The molecular formula is C27H26Si. The molecule has 1 atom stereocenters. The summed E-state index contributed by atoms with van der Waals surface area (Å²) in [6.07, 6.45) is 3.52. The first-order chi connectivity index (χ1) is 13.6. The van der Waals surface area contributed by atoms with Gasteiger partial charge in [-0.3, -0.25) is 0 Å². The van der Waals surface area contributed by atoms with Gasteiger partial charge in [-0.15, -0.1) is 0 Å². The highest BCUT2D eigenvalue weighted by molar-refractivity contribution is 6.87. The van der Waals surface area contributed by atoms with E-state index < -0.39 is 8.07 Å². The van der Waals surface area contributed by atoms with Crippen LogP contribution in [0.2, 0.25) is 13.1 Å². The molecule has 0 spiro atoms. The van der Waals surface area contributed by atoms with Crippen LogP contribution in [0.4, 0.5) is 0 Å². The molecule has 0 radical (unpaired) electrons. The van der Waals surface area contributed by atoms with Gasteiger partial charge in [0, 0.05) is 5.54 Å². The lowest BCUT2D eigenvalue weighted by atomic mass is 9.99. The van der Waals surface area contributed by atoms with Crippen LogP contribution >= 0.6 is 0 Å². The minimum absolute atomic E-state index is 0.562. The second kappa shape index (κ2) is 6.46. The van der Waals surface area contributed by atoms with Gasteiger partial charge in [-0.25, -0.2) is 0 Å². The minimum Gasteiger partial charge on any atom is -0.0676 e. The van der Waals surface area contributed by atoms with Gasteiger partial charge in [0.05, 0.1) is 8.07 Å². The molecule has 0 N–H and O–H groups in total. The molecule has 0 aliphatic heterocycles. The second-order valence-electron chi connectivity index (χ2n) is 8.73. The predicted molar refractivity (Wildman–Crippen MR) is 123 cm³/mol. The molecule has 1 unspecified atom stereocenters. The third-order valence-corrected chi connectivity index (χ3v) is 10.9. The SMILES string of the molecule is CC1=Cc2ccccc2C1[Si](C)(C)C1=C(c2ccccc2)c2ccccc2C1. The fraction of sp³-hybridized carbons (Fsp3) is 0.185. The van der Waals surface area contributed by atoms with E-state index in [1.54, 1.807) is 5.20 Å². The summed E-state index contributed by atoms with van der Waals surface area (Å²) in [6, 6.07) is 29.1. The van der Waals surface area contributed by atoms with Crippen molar-refractivity contribution in [2.75, 3.05) is 0 Å². The number of hydrogen-bond donors (Lipinski definition) is 0. The predicted octanol–water partition coefficient (Wildman–Crippen LogP) is 7.03. The van der Waals surface area contributed by atoms with Crippen LogP contribution in [-0.2, 0) is 6.42 Å². The highest BCUT2D eigenvalue weighted by Crippen LogP contribution is 2.50. The van der Waals surface area contributed by atoms with Crippen LogP contribution in [0.3, 0.4) is 0 Å². The van der Waals surface area contributed by atoms with Gasteiger partial charge in [0.2, 0.25) is 0 Å². The van der Waals surface area contributed by atoms with Gasteiger partial charge in [0.1, 0.15) is 0 Å². The fourth-order valence-electron chi connectivity index (χ4n) is 5.46. The topological polar surface area (TPSA) is 0 Å². The van der Waals surface area contributed by atoms with Crippen LogP contribution in [0.5, 0.6) is 0 Å². The minimum atomic E-state index is -1.78. The largest absolute Gasteiger partial charge is 0.0885 e. The maximum absolute atomic E-state index is 2.58. The van der Waals surface area contributed by atoms with Crippen molar-refractivity contribution in [3.8, 4) is 0 Å². The highest BCUT2D eigenvalue weighted by Gasteiger charge is 2.43. The number of rotatable bonds is 3. The van der Waals surface area contributed by atoms with Gasteiger partial charge in [-0.05, 0) is 46.7 Å². The summed E-state index contributed by atoms with van der Waals surface area (Å²) in [7, 11) is -1.78. The van der Waals surface area contributed by atoms with Gasteiger partial charge in [0.25, 0.3) is 0 Å². The van der Waals surface area contributed by atoms with Crippen molar-refractivity contribution < 1.29 is 0 Å². The Morgan fingerprint density at radius 3 is 2.29 bits per heavy atom. The molecule has 5 rings (SSSR count). The van der Waals surface area contributed by atoms with Crippen molar-refractivity contribution in [2.24, 2.45) is 0 Å². The molecule has 28 heavy (non-hydrogen) atoms. The Hall–Kier alpha value is -2.64. The van der Waals surface area contributed by atoms with Crippen LogP contribution < -0.4 is 0 Å². The van der Waals surface area contributed by atoms with Crippen LogP contribution in [0.25, 0.3) is 11.6 Å². The van der Waals surface area contributed by atoms with Crippen LogP contribution in [0.15, 0.2) is 89.6 Å². The molecule has 0 amide bonds. The summed E-state index contributed by atoms with van der Waals surface area (Å²) in [6.45, 7) is 7.51. The summed E-state index contributed by atoms with van der Waals surface area (Å²) >= 11 is 0. The Morgan fingerprint density at radius 2 is 1.46 bits per heavy atom. The Labute approximate surface area is 169 Å². The number of fused-ring (bicyclic) bond motifs is 2. The molecule has 138 valence electrons. The van der Waals surface area contributed by atoms with Crippen LogP contribution in [0, 0.1) is 0 Å². The lowest BCUT2D eigenvalue weighted by Gasteiger charge is -2.35. The molecule has 3 aromatic rings. The quantitative estimate of drug-likeness (QED) is 0.429. The zero-order valence-electron chi connectivity index (χ0n) is 16.9. The van der Waals surface area contributed by atoms with Crippen LogP contribution in [0.1, 0.15) is 40.3 Å². The Bertz CT molecular complexity index is 1120. The van der Waals surface area contributed by atoms with Crippen LogP contribution in [-0.4, -0.2) is 8.07 Å². The third-order valence-electron chi connectivity index (χ3n) is 6.66. The molecule has 2 aliphatic rings. The Morgan fingerprint density at radius 1 is 0.786 bits per heavy atom. The van der Waals surface area contributed by atoms with Crippen molar-refractivity contribution in [1.82, 2.24) is 0 Å². The van der Waals surface area contributed by atoms with E-state index >= 15 is 0 Å². The van der Waals surface area contributed by atoms with E-state index in [2.05, 4.69) is 105 Å². The van der Waals surface area contributed by atoms with E-state index in [9.17, 15) is 0 Å². The summed E-state index contributed by atoms with van der Waals surface area (Å²) < 4.78 is 0. The zero-order valence-corrected chi connectivity index (χ0v) is 17.9. The van der Waals surface area contributed by atoms with Crippen molar-refractivity contribution in [3.63, 3.8) is 0 Å². The van der Waals surface area contributed by atoms with Crippen molar-refractivity contribution >= 4 is 19.7 Å². The fourth-order valence-corrected chi connectivity index (χ4v) is 9.64. The number of hydrogen-bond acceptors (Lipinski definition) is 0. The first kappa shape index (κ1) is 17.5. The van der Waals surface area contributed by atoms with Gasteiger partial charge < -0.3 is 0 Å². The molecule has 3 aromatic carbocycles. The highest BCUT2D eigenvalue weighted by atomic mass is 28.3. The van der Waals surface area contributed by atoms with E-state index in [1.807, 2.05) is 0 Å². The average molecular weight is 379 g/mol. The first-order valence-corrected chi connectivity index (χ1v) is 13.3. The Kier molecular flexibility index (Phi) is 4.03. The van der Waals surface area contributed by atoms with E-state index in [-0.39, 0.29) is 0 Å². The van der Waals surface area contributed by atoms with E-state index in [0.29, 0.717) is 5.54 Å². The van der Waals surface area contributed by atoms with E-state index in [0.717, 1.165) is 6.42 Å². The van der Waals surface area contributed by atoms with E-state index in [1.165, 1.54) is 39.0 Å². The molecule has 0 saturated carbocycles. The molecule has 2 aliphatic carbocycles. The number of benzene rings is 3. The normalized spacial score (nSPS) is 18.1. The second-order valence-corrected chi connectivity index (χ2v) is 13.3. The van der Waals surface area contributed by atoms with Gasteiger partial charge in [-0.2, -0.15) is 0 Å². The van der Waals surface area contributed by atoms with E-state index in [4.69, 9.17) is 0 Å². The van der Waals surface area contributed by atoms with Gasteiger partial charge >= 0.3 is 0 Å². The lowest BCUT2D eigenvalue weighted by molar-refractivity contribution is 1.06. The van der Waals surface area contributed by atoms with Crippen molar-refractivity contribution in [1.29, 1.82) is 0 Å². The zero-order chi connectivity index (χ0) is 19.3. The number of allylic oxidation sites excluding steroid dienone is 2. The summed E-state index contributed by atoms with van der Waals surface area (Å²) in [5, 5.41) is 1.70. The monoisotopic (exact) mass is 378 g/mol. The molecule has 0 fully saturated rings. The van der Waals surface area contributed by atoms with Gasteiger partial charge in [-0.1, -0.05) is 109 Å². The summed E-state index contributed by atoms with van der Waals surface area (Å²) in [5.74, 6) is 0. The molecule has 0 aromatic heterocycles. The third kappa shape index (κ3) is 2.57. The first-order valence-electron chi connectivity index (χ1n) is 10.2. The smallest absolute Gasteiger partial charge is 0.0676 e. The lowest BCUT2D eigenvalue weighted by Crippen LogP contribution is -2.38. The Balaban J connectivity index is 1.72. The molecule has 0 saturated heterocycles. The van der Waals surface area contributed by atoms with Gasteiger partial charge in [0.15, 0.2) is 0 Å². The van der Waals surface area contributed by atoms with Crippen molar-refractivity contribution in [2.45, 2.75) is 32.0 Å². The molecule has 0 nitrogen and oxygen atoms in total. The summed E-state index contributed by atoms with van der Waals surface area (Å²) in [5.41, 5.74) is 10.9. The molecular weight excluding hydrogens is 352 g/mol.